The van der Waals surface area contributed by atoms with Crippen molar-refractivity contribution < 1.29 is 23.9 Å². The van der Waals surface area contributed by atoms with E-state index < -0.39 is 18.0 Å². The number of hydrogen-bond donors (Lipinski definition) is 2. The second kappa shape index (κ2) is 9.73. The first kappa shape index (κ1) is 21.1. The first-order valence-corrected chi connectivity index (χ1v) is 9.50. The highest BCUT2D eigenvalue weighted by molar-refractivity contribution is 6.05. The maximum Gasteiger partial charge on any atom is 0.324 e. The van der Waals surface area contributed by atoms with Gasteiger partial charge in [-0.15, -0.1) is 0 Å². The molecule has 0 unspecified atom stereocenters. The number of imide groups is 1. The minimum Gasteiger partial charge on any atom is -0.493 e. The summed E-state index contributed by atoms with van der Waals surface area (Å²) in [6, 6.07) is 7.69. The van der Waals surface area contributed by atoms with Gasteiger partial charge in [-0.05, 0) is 35.7 Å². The number of urea groups is 1. The highest BCUT2D eigenvalue weighted by Crippen LogP contribution is 2.27. The Morgan fingerprint density at radius 1 is 1.17 bits per heavy atom. The molecule has 0 aliphatic carbocycles. The van der Waals surface area contributed by atoms with Crippen LogP contribution >= 0.6 is 0 Å². The number of amides is 4. The summed E-state index contributed by atoms with van der Waals surface area (Å²) < 4.78 is 10.5. The highest BCUT2D eigenvalue weighted by Gasteiger charge is 2.38. The average molecular weight is 412 g/mol. The minimum atomic E-state index is -0.864. The quantitative estimate of drug-likeness (QED) is 0.600. The summed E-state index contributed by atoms with van der Waals surface area (Å²) in [6.45, 7) is 0.512. The maximum atomic E-state index is 12.6. The van der Waals surface area contributed by atoms with E-state index in [4.69, 9.17) is 9.47 Å². The SMILES string of the molecule is COc1ccc(CCN2C(=O)N[C@@H](CC(=O)NCc3cccnc3)C2=O)cc1OC. The molecule has 1 aliphatic heterocycles. The fraction of sp³-hybridized carbons (Fsp3) is 0.333. The summed E-state index contributed by atoms with van der Waals surface area (Å²) >= 11 is 0. The van der Waals surface area contributed by atoms with E-state index in [1.807, 2.05) is 12.1 Å². The summed E-state index contributed by atoms with van der Waals surface area (Å²) in [5.74, 6) is 0.459. The monoisotopic (exact) mass is 412 g/mol. The third kappa shape index (κ3) is 5.05. The van der Waals surface area contributed by atoms with Gasteiger partial charge in [-0.3, -0.25) is 19.5 Å². The Hall–Kier alpha value is -3.62. The predicted molar refractivity (Wildman–Crippen MR) is 108 cm³/mol. The lowest BCUT2D eigenvalue weighted by Gasteiger charge is -2.14. The number of hydrogen-bond acceptors (Lipinski definition) is 6. The Balaban J connectivity index is 1.52. The van der Waals surface area contributed by atoms with Gasteiger partial charge in [-0.1, -0.05) is 12.1 Å². The molecule has 9 heteroatoms. The van der Waals surface area contributed by atoms with E-state index in [2.05, 4.69) is 15.6 Å². The molecule has 2 aromatic rings. The van der Waals surface area contributed by atoms with Crippen LogP contribution in [0.25, 0.3) is 0 Å². The topological polar surface area (TPSA) is 110 Å². The molecule has 1 aromatic carbocycles. The standard InChI is InChI=1S/C21H24N4O5/c1-29-17-6-5-14(10-18(17)30-2)7-9-25-20(27)16(24-21(25)28)11-19(26)23-13-15-4-3-8-22-12-15/h3-6,8,10,12,16H,7,9,11,13H2,1-2H3,(H,23,26)(H,24,28)/t16-/m0/s1. The molecule has 0 spiro atoms. The van der Waals surface area contributed by atoms with Crippen molar-refractivity contribution in [1.29, 1.82) is 0 Å². The molecule has 9 nitrogen and oxygen atoms in total. The Morgan fingerprint density at radius 2 is 1.97 bits per heavy atom. The minimum absolute atomic E-state index is 0.113. The molecule has 0 radical (unpaired) electrons. The zero-order valence-corrected chi connectivity index (χ0v) is 16.9. The molecular weight excluding hydrogens is 388 g/mol. The first-order chi connectivity index (χ1) is 14.5. The fourth-order valence-electron chi connectivity index (χ4n) is 3.16. The molecule has 1 fully saturated rings. The van der Waals surface area contributed by atoms with Gasteiger partial charge in [0.2, 0.25) is 5.91 Å². The van der Waals surface area contributed by atoms with Crippen LogP contribution in [0, 0.1) is 0 Å². The number of aromatic nitrogens is 1. The van der Waals surface area contributed by atoms with Crippen LogP contribution in [-0.2, 0) is 22.6 Å². The van der Waals surface area contributed by atoms with Gasteiger partial charge in [0.1, 0.15) is 6.04 Å². The van der Waals surface area contributed by atoms with Gasteiger partial charge in [-0.25, -0.2) is 4.79 Å². The van der Waals surface area contributed by atoms with Crippen LogP contribution in [-0.4, -0.2) is 54.5 Å². The number of nitrogens with one attached hydrogen (secondary N) is 2. The van der Waals surface area contributed by atoms with Crippen LogP contribution < -0.4 is 20.1 Å². The molecular formula is C21H24N4O5. The van der Waals surface area contributed by atoms with Crippen molar-refractivity contribution in [2.45, 2.75) is 25.4 Å². The van der Waals surface area contributed by atoms with Crippen LogP contribution in [0.3, 0.4) is 0 Å². The summed E-state index contributed by atoms with van der Waals surface area (Å²) in [7, 11) is 3.10. The van der Waals surface area contributed by atoms with Gasteiger partial charge in [0.05, 0.1) is 20.6 Å². The molecule has 2 heterocycles. The lowest BCUT2D eigenvalue weighted by atomic mass is 10.1. The lowest BCUT2D eigenvalue weighted by Crippen LogP contribution is -2.36. The van der Waals surface area contributed by atoms with Crippen LogP contribution in [0.2, 0.25) is 0 Å². The van der Waals surface area contributed by atoms with E-state index in [0.29, 0.717) is 24.5 Å². The van der Waals surface area contributed by atoms with Gasteiger partial charge >= 0.3 is 6.03 Å². The maximum absolute atomic E-state index is 12.6. The van der Waals surface area contributed by atoms with Crippen molar-refractivity contribution in [3.05, 3.63) is 53.9 Å². The third-order valence-corrected chi connectivity index (χ3v) is 4.78. The Kier molecular flexibility index (Phi) is 6.84. The molecule has 1 aromatic heterocycles. The molecule has 1 aliphatic rings. The predicted octanol–water partition coefficient (Wildman–Crippen LogP) is 1.27. The Labute approximate surface area is 174 Å². The molecule has 1 saturated heterocycles. The zero-order chi connectivity index (χ0) is 21.5. The van der Waals surface area contributed by atoms with Crippen molar-refractivity contribution in [1.82, 2.24) is 20.5 Å². The van der Waals surface area contributed by atoms with Crippen LogP contribution in [0.15, 0.2) is 42.7 Å². The molecule has 158 valence electrons. The molecule has 4 amide bonds. The number of carbonyl (C=O) groups is 3. The van der Waals surface area contributed by atoms with E-state index in [1.54, 1.807) is 44.8 Å². The van der Waals surface area contributed by atoms with Gasteiger partial charge in [0, 0.05) is 25.5 Å². The van der Waals surface area contributed by atoms with Crippen LogP contribution in [0.4, 0.5) is 4.79 Å². The normalized spacial score (nSPS) is 15.7. The molecule has 0 saturated carbocycles. The van der Waals surface area contributed by atoms with E-state index in [0.717, 1.165) is 16.0 Å². The summed E-state index contributed by atoms with van der Waals surface area (Å²) in [4.78, 5) is 42.1. The van der Waals surface area contributed by atoms with E-state index in [1.165, 1.54) is 0 Å². The second-order valence-electron chi connectivity index (χ2n) is 6.77. The number of rotatable bonds is 9. The van der Waals surface area contributed by atoms with Crippen LogP contribution in [0.5, 0.6) is 11.5 Å². The summed E-state index contributed by atoms with van der Waals surface area (Å²) in [5, 5.41) is 5.31. The number of pyridine rings is 1. The van der Waals surface area contributed by atoms with Crippen molar-refractivity contribution >= 4 is 17.8 Å². The number of carbonyl (C=O) groups excluding carboxylic acids is 3. The molecule has 2 N–H and O–H groups in total. The van der Waals surface area contributed by atoms with Gasteiger partial charge in [0.25, 0.3) is 5.91 Å². The van der Waals surface area contributed by atoms with Crippen molar-refractivity contribution in [3.63, 3.8) is 0 Å². The van der Waals surface area contributed by atoms with Crippen LogP contribution in [0.1, 0.15) is 17.5 Å². The lowest BCUT2D eigenvalue weighted by molar-refractivity contribution is -0.130. The summed E-state index contributed by atoms with van der Waals surface area (Å²) in [6.07, 6.45) is 3.64. The average Bonchev–Trinajstić information content (AvgIpc) is 3.03. The largest absolute Gasteiger partial charge is 0.493 e. The number of methoxy groups -OCH3 is 2. The number of ether oxygens (including phenoxy) is 2. The Bertz CT molecular complexity index is 919. The smallest absolute Gasteiger partial charge is 0.324 e. The van der Waals surface area contributed by atoms with Gasteiger partial charge in [-0.2, -0.15) is 0 Å². The highest BCUT2D eigenvalue weighted by atomic mass is 16.5. The van der Waals surface area contributed by atoms with Crippen molar-refractivity contribution in [2.24, 2.45) is 0 Å². The second-order valence-corrected chi connectivity index (χ2v) is 6.77. The first-order valence-electron chi connectivity index (χ1n) is 9.50. The van der Waals surface area contributed by atoms with Crippen molar-refractivity contribution in [3.8, 4) is 11.5 Å². The number of nitrogens with zero attached hydrogens (tertiary/aromatic N) is 2. The fourth-order valence-corrected chi connectivity index (χ4v) is 3.16. The Morgan fingerprint density at radius 3 is 2.67 bits per heavy atom. The van der Waals surface area contributed by atoms with E-state index in [-0.39, 0.29) is 18.9 Å². The van der Waals surface area contributed by atoms with E-state index >= 15 is 0 Å². The zero-order valence-electron chi connectivity index (χ0n) is 16.9. The van der Waals surface area contributed by atoms with Crippen molar-refractivity contribution in [2.75, 3.05) is 20.8 Å². The number of benzene rings is 1. The van der Waals surface area contributed by atoms with Gasteiger partial charge in [0.15, 0.2) is 11.5 Å². The third-order valence-electron chi connectivity index (χ3n) is 4.78. The molecule has 0 bridgehead atoms. The molecule has 30 heavy (non-hydrogen) atoms. The van der Waals surface area contributed by atoms with E-state index in [9.17, 15) is 14.4 Å². The van der Waals surface area contributed by atoms with Gasteiger partial charge < -0.3 is 20.1 Å². The molecule has 3 rings (SSSR count). The summed E-state index contributed by atoms with van der Waals surface area (Å²) in [5.41, 5.74) is 1.75. The molecule has 1 atom stereocenters.